The number of hydrogen-bond donors (Lipinski definition) is 0. The van der Waals surface area contributed by atoms with Crippen LogP contribution in [0, 0.1) is 13.8 Å². The Hall–Kier alpha value is -0.823. The second kappa shape index (κ2) is 2.84. The molecular weight excluding hydrogens is 172 g/mol. The highest BCUT2D eigenvalue weighted by Crippen LogP contribution is 2.34. The maximum atomic E-state index is 3.67. The minimum absolute atomic E-state index is 1.07. The molecule has 0 saturated carbocycles. The third-order valence-electron chi connectivity index (χ3n) is 3.02. The van der Waals surface area contributed by atoms with Gasteiger partial charge in [-0.25, -0.2) is 0 Å². The van der Waals surface area contributed by atoms with Gasteiger partial charge in [-0.3, -0.25) is 0 Å². The molecule has 0 spiro atoms. The molecule has 0 aromatic heterocycles. The highest BCUT2D eigenvalue weighted by Gasteiger charge is 2.17. The molecule has 0 atom stereocenters. The van der Waals surface area contributed by atoms with E-state index in [1.54, 1.807) is 0 Å². The van der Waals surface area contributed by atoms with Crippen molar-refractivity contribution in [1.29, 1.82) is 0 Å². The summed E-state index contributed by atoms with van der Waals surface area (Å²) in [5.41, 5.74) is 7.16. The lowest BCUT2D eigenvalue weighted by Gasteiger charge is -2.08. The van der Waals surface area contributed by atoms with Crippen molar-refractivity contribution in [3.63, 3.8) is 0 Å². The molecule has 0 N–H and O–H groups in total. The molecule has 13 heavy (non-hydrogen) atoms. The Bertz CT molecular complexity index is 400. The van der Waals surface area contributed by atoms with Crippen molar-refractivity contribution in [2.24, 2.45) is 0 Å². The summed E-state index contributed by atoms with van der Waals surface area (Å²) >= 11 is 0. The highest BCUT2D eigenvalue weighted by atomic mass is 28.1. The van der Waals surface area contributed by atoms with Crippen LogP contribution in [0.4, 0.5) is 0 Å². The standard InChI is InChI=1S/C12H13Si/c1-7-4-5-10-6-11(13)9(3)12(10)8(7)2/h4-5H,6H2,1-3H3. The van der Waals surface area contributed by atoms with Gasteiger partial charge in [-0.05, 0) is 55.0 Å². The monoisotopic (exact) mass is 185 g/mol. The molecule has 2 rings (SSSR count). The van der Waals surface area contributed by atoms with Crippen LogP contribution in [0.3, 0.4) is 0 Å². The topological polar surface area (TPSA) is 0 Å². The zero-order chi connectivity index (χ0) is 9.59. The second-order valence-electron chi connectivity index (χ2n) is 3.82. The first-order chi connectivity index (χ1) is 6.11. The van der Waals surface area contributed by atoms with Gasteiger partial charge >= 0.3 is 0 Å². The average Bonchev–Trinajstić information content (AvgIpc) is 2.37. The number of allylic oxidation sites excluding steroid dienone is 2. The summed E-state index contributed by atoms with van der Waals surface area (Å²) < 4.78 is 0. The Labute approximate surface area is 83.1 Å². The normalized spacial score (nSPS) is 15.1. The van der Waals surface area contributed by atoms with E-state index in [1.807, 2.05) is 0 Å². The molecule has 0 saturated heterocycles. The summed E-state index contributed by atoms with van der Waals surface area (Å²) in [4.78, 5) is 0. The Morgan fingerprint density at radius 2 is 1.85 bits per heavy atom. The van der Waals surface area contributed by atoms with E-state index < -0.39 is 0 Å². The molecule has 0 bridgehead atoms. The van der Waals surface area contributed by atoms with Crippen molar-refractivity contribution in [2.45, 2.75) is 27.2 Å². The van der Waals surface area contributed by atoms with Crippen LogP contribution in [-0.2, 0) is 6.42 Å². The van der Waals surface area contributed by atoms with E-state index in [1.165, 1.54) is 33.0 Å². The summed E-state index contributed by atoms with van der Waals surface area (Å²) in [5, 5.41) is 1.34. The van der Waals surface area contributed by atoms with Gasteiger partial charge in [0.25, 0.3) is 0 Å². The Balaban J connectivity index is 2.71. The molecule has 3 radical (unpaired) electrons. The van der Waals surface area contributed by atoms with Crippen LogP contribution in [0.15, 0.2) is 17.3 Å². The predicted molar refractivity (Wildman–Crippen MR) is 58.0 cm³/mol. The van der Waals surface area contributed by atoms with Crippen molar-refractivity contribution < 1.29 is 0 Å². The largest absolute Gasteiger partial charge is 0.0806 e. The number of fused-ring (bicyclic) bond motifs is 1. The summed E-state index contributed by atoms with van der Waals surface area (Å²) in [6.07, 6.45) is 1.07. The van der Waals surface area contributed by atoms with Crippen molar-refractivity contribution >= 4 is 15.8 Å². The van der Waals surface area contributed by atoms with E-state index in [2.05, 4.69) is 43.1 Å². The fourth-order valence-electron chi connectivity index (χ4n) is 2.02. The fraction of sp³-hybridized carbons (Fsp3) is 0.333. The van der Waals surface area contributed by atoms with Crippen LogP contribution < -0.4 is 0 Å². The molecule has 1 aliphatic carbocycles. The van der Waals surface area contributed by atoms with Crippen molar-refractivity contribution in [3.05, 3.63) is 39.6 Å². The van der Waals surface area contributed by atoms with Gasteiger partial charge in [0.2, 0.25) is 0 Å². The van der Waals surface area contributed by atoms with Gasteiger partial charge < -0.3 is 0 Å². The van der Waals surface area contributed by atoms with Crippen LogP contribution >= 0.6 is 0 Å². The lowest BCUT2D eigenvalue weighted by molar-refractivity contribution is 1.23. The third kappa shape index (κ3) is 1.19. The molecule has 0 nitrogen and oxygen atoms in total. The molecule has 0 fully saturated rings. The van der Waals surface area contributed by atoms with E-state index in [-0.39, 0.29) is 0 Å². The van der Waals surface area contributed by atoms with Gasteiger partial charge in [0.05, 0.1) is 10.2 Å². The van der Waals surface area contributed by atoms with Crippen molar-refractivity contribution in [3.8, 4) is 0 Å². The first-order valence-electron chi connectivity index (χ1n) is 4.62. The minimum Gasteiger partial charge on any atom is -0.0806 e. The van der Waals surface area contributed by atoms with E-state index >= 15 is 0 Å². The molecule has 0 heterocycles. The first-order valence-corrected chi connectivity index (χ1v) is 5.12. The van der Waals surface area contributed by atoms with E-state index in [9.17, 15) is 0 Å². The molecule has 0 amide bonds. The van der Waals surface area contributed by atoms with Crippen LogP contribution in [0.2, 0.25) is 0 Å². The van der Waals surface area contributed by atoms with Crippen molar-refractivity contribution in [2.75, 3.05) is 0 Å². The van der Waals surface area contributed by atoms with Gasteiger partial charge in [0.1, 0.15) is 0 Å². The average molecular weight is 185 g/mol. The molecule has 65 valence electrons. The maximum Gasteiger partial charge on any atom is 0.0659 e. The van der Waals surface area contributed by atoms with Gasteiger partial charge in [-0.2, -0.15) is 0 Å². The summed E-state index contributed by atoms with van der Waals surface area (Å²) in [5.74, 6) is 0. The smallest absolute Gasteiger partial charge is 0.0659 e. The molecule has 0 unspecified atom stereocenters. The highest BCUT2D eigenvalue weighted by molar-refractivity contribution is 6.26. The van der Waals surface area contributed by atoms with Crippen LogP contribution in [0.1, 0.15) is 29.2 Å². The van der Waals surface area contributed by atoms with Gasteiger partial charge in [0, 0.05) is 0 Å². The molecular formula is C12H13Si. The van der Waals surface area contributed by atoms with Crippen LogP contribution in [0.5, 0.6) is 0 Å². The number of aryl methyl sites for hydroxylation is 1. The second-order valence-corrected chi connectivity index (χ2v) is 4.43. The van der Waals surface area contributed by atoms with E-state index in [0.29, 0.717) is 0 Å². The Morgan fingerprint density at radius 1 is 1.15 bits per heavy atom. The van der Waals surface area contributed by atoms with Crippen LogP contribution in [0.25, 0.3) is 5.57 Å². The van der Waals surface area contributed by atoms with Gasteiger partial charge in [-0.1, -0.05) is 17.3 Å². The third-order valence-corrected chi connectivity index (χ3v) is 3.57. The van der Waals surface area contributed by atoms with Gasteiger partial charge in [-0.15, -0.1) is 0 Å². The fourth-order valence-corrected chi connectivity index (χ4v) is 2.33. The van der Waals surface area contributed by atoms with Gasteiger partial charge in [0.15, 0.2) is 0 Å². The Morgan fingerprint density at radius 3 is 2.54 bits per heavy atom. The Kier molecular flexibility index (Phi) is 1.92. The molecule has 1 aliphatic rings. The zero-order valence-electron chi connectivity index (χ0n) is 8.36. The van der Waals surface area contributed by atoms with E-state index in [0.717, 1.165) is 6.42 Å². The van der Waals surface area contributed by atoms with E-state index in [4.69, 9.17) is 0 Å². The quantitative estimate of drug-likeness (QED) is 0.545. The lowest BCUT2D eigenvalue weighted by Crippen LogP contribution is -1.91. The van der Waals surface area contributed by atoms with Crippen molar-refractivity contribution in [1.82, 2.24) is 0 Å². The number of hydrogen-bond acceptors (Lipinski definition) is 0. The lowest BCUT2D eigenvalue weighted by atomic mass is 9.97. The molecule has 1 aromatic rings. The zero-order valence-corrected chi connectivity index (χ0v) is 9.36. The predicted octanol–water partition coefficient (Wildman–Crippen LogP) is 2.76. The minimum atomic E-state index is 1.07. The number of benzene rings is 1. The van der Waals surface area contributed by atoms with Crippen LogP contribution in [-0.4, -0.2) is 10.2 Å². The number of rotatable bonds is 0. The maximum absolute atomic E-state index is 3.67. The summed E-state index contributed by atoms with van der Waals surface area (Å²) in [6.45, 7) is 6.58. The molecule has 1 heteroatoms. The molecule has 0 aliphatic heterocycles. The summed E-state index contributed by atoms with van der Waals surface area (Å²) in [7, 11) is 3.67. The SMILES string of the molecule is CC1=C([Si])Cc2ccc(C)c(C)c21. The molecule has 1 aromatic carbocycles. The first kappa shape index (κ1) is 8.76. The summed E-state index contributed by atoms with van der Waals surface area (Å²) in [6, 6.07) is 4.46.